The molecule has 1 aromatic carbocycles. The number of rotatable bonds is 4. The monoisotopic (exact) mass is 292 g/mol. The summed E-state index contributed by atoms with van der Waals surface area (Å²) in [6, 6.07) is 3.48. The van der Waals surface area contributed by atoms with E-state index < -0.39 is 5.97 Å². The third kappa shape index (κ3) is 3.26. The molecule has 2 rings (SSSR count). The van der Waals surface area contributed by atoms with Crippen LogP contribution in [0.1, 0.15) is 29.2 Å². The predicted octanol–water partition coefficient (Wildman–Crippen LogP) is 1.85. The van der Waals surface area contributed by atoms with Gasteiger partial charge >= 0.3 is 12.0 Å². The molecule has 6 heteroatoms. The minimum Gasteiger partial charge on any atom is -0.490 e. The van der Waals surface area contributed by atoms with Gasteiger partial charge in [-0.25, -0.2) is 4.79 Å². The molecule has 1 aromatic rings. The van der Waals surface area contributed by atoms with Gasteiger partial charge in [-0.1, -0.05) is 12.1 Å². The van der Waals surface area contributed by atoms with Gasteiger partial charge in [-0.05, 0) is 25.0 Å². The molecule has 0 aliphatic carbocycles. The molecule has 0 aromatic heterocycles. The van der Waals surface area contributed by atoms with E-state index in [-0.39, 0.29) is 25.0 Å². The van der Waals surface area contributed by atoms with Crippen LogP contribution in [0.5, 0.6) is 5.75 Å². The van der Waals surface area contributed by atoms with Gasteiger partial charge in [0.05, 0.1) is 12.5 Å². The van der Waals surface area contributed by atoms with Gasteiger partial charge in [0.2, 0.25) is 0 Å². The van der Waals surface area contributed by atoms with Gasteiger partial charge in [0, 0.05) is 19.2 Å². The van der Waals surface area contributed by atoms with E-state index in [1.807, 2.05) is 26.0 Å². The zero-order chi connectivity index (χ0) is 15.6. The Morgan fingerprint density at radius 2 is 2.14 bits per heavy atom. The molecule has 1 heterocycles. The first-order chi connectivity index (χ1) is 9.90. The number of carboxylic acids is 1. The Morgan fingerprint density at radius 3 is 2.81 bits per heavy atom. The lowest BCUT2D eigenvalue weighted by Gasteiger charge is -2.20. The molecular formula is C15H20N2O4. The quantitative estimate of drug-likeness (QED) is 0.887. The fourth-order valence-electron chi connectivity index (χ4n) is 2.28. The van der Waals surface area contributed by atoms with Crippen LogP contribution in [-0.4, -0.2) is 42.2 Å². The van der Waals surface area contributed by atoms with Gasteiger partial charge in [-0.15, -0.1) is 0 Å². The summed E-state index contributed by atoms with van der Waals surface area (Å²) >= 11 is 0. The van der Waals surface area contributed by atoms with Crippen molar-refractivity contribution in [3.63, 3.8) is 0 Å². The summed E-state index contributed by atoms with van der Waals surface area (Å²) in [4.78, 5) is 23.9. The number of hydrogen-bond donors (Lipinski definition) is 2. The Morgan fingerprint density at radius 1 is 1.43 bits per heavy atom. The van der Waals surface area contributed by atoms with E-state index in [1.165, 1.54) is 4.90 Å². The van der Waals surface area contributed by atoms with E-state index >= 15 is 0 Å². The molecule has 1 atom stereocenters. The normalized spacial score (nSPS) is 16.0. The van der Waals surface area contributed by atoms with Crippen LogP contribution in [0, 0.1) is 13.8 Å². The number of carbonyl (C=O) groups is 2. The molecule has 0 radical (unpaired) electrons. The molecule has 1 aliphatic heterocycles. The number of aryl methyl sites for hydroxylation is 1. The van der Waals surface area contributed by atoms with E-state index in [0.29, 0.717) is 6.61 Å². The van der Waals surface area contributed by atoms with Crippen LogP contribution >= 0.6 is 0 Å². The minimum absolute atomic E-state index is 0.0695. The first-order valence-corrected chi connectivity index (χ1v) is 6.86. The highest BCUT2D eigenvalue weighted by Crippen LogP contribution is 2.36. The van der Waals surface area contributed by atoms with Crippen molar-refractivity contribution in [1.29, 1.82) is 0 Å². The number of urea groups is 1. The predicted molar refractivity (Wildman–Crippen MR) is 77.6 cm³/mol. The standard InChI is InChI=1S/C15H20N2O4/c1-9-4-5-11-12(8-21-14(11)10(9)2)16-15(20)17(3)7-6-13(18)19/h4-5,12H,6-8H2,1-3H3,(H,16,20)(H,18,19). The van der Waals surface area contributed by atoms with Crippen molar-refractivity contribution in [1.82, 2.24) is 10.2 Å². The van der Waals surface area contributed by atoms with Crippen molar-refractivity contribution in [2.24, 2.45) is 0 Å². The molecule has 1 aliphatic rings. The molecule has 0 saturated carbocycles. The Hall–Kier alpha value is -2.24. The van der Waals surface area contributed by atoms with Gasteiger partial charge < -0.3 is 20.1 Å². The van der Waals surface area contributed by atoms with E-state index in [4.69, 9.17) is 9.84 Å². The van der Waals surface area contributed by atoms with Crippen molar-refractivity contribution in [2.45, 2.75) is 26.3 Å². The molecule has 0 spiro atoms. The molecule has 0 bridgehead atoms. The fourth-order valence-corrected chi connectivity index (χ4v) is 2.28. The van der Waals surface area contributed by atoms with Crippen molar-refractivity contribution in [3.05, 3.63) is 28.8 Å². The summed E-state index contributed by atoms with van der Waals surface area (Å²) in [6.45, 7) is 4.59. The van der Waals surface area contributed by atoms with Crippen LogP contribution in [0.4, 0.5) is 4.79 Å². The maximum absolute atomic E-state index is 12.0. The molecule has 114 valence electrons. The highest BCUT2D eigenvalue weighted by atomic mass is 16.5. The molecule has 0 saturated heterocycles. The highest BCUT2D eigenvalue weighted by molar-refractivity contribution is 5.76. The van der Waals surface area contributed by atoms with E-state index in [9.17, 15) is 9.59 Å². The van der Waals surface area contributed by atoms with Crippen LogP contribution in [-0.2, 0) is 4.79 Å². The van der Waals surface area contributed by atoms with Gasteiger partial charge in [-0.2, -0.15) is 0 Å². The second kappa shape index (κ2) is 6.03. The maximum atomic E-state index is 12.0. The van der Waals surface area contributed by atoms with Gasteiger partial charge in [0.25, 0.3) is 0 Å². The molecule has 2 N–H and O–H groups in total. The molecule has 0 fully saturated rings. The molecular weight excluding hydrogens is 272 g/mol. The van der Waals surface area contributed by atoms with Crippen LogP contribution in [0.2, 0.25) is 0 Å². The average molecular weight is 292 g/mol. The Bertz CT molecular complexity index is 571. The van der Waals surface area contributed by atoms with Crippen LogP contribution in [0.25, 0.3) is 0 Å². The van der Waals surface area contributed by atoms with E-state index in [1.54, 1.807) is 7.05 Å². The summed E-state index contributed by atoms with van der Waals surface area (Å²) < 4.78 is 5.67. The minimum atomic E-state index is -0.921. The highest BCUT2D eigenvalue weighted by Gasteiger charge is 2.28. The molecule has 21 heavy (non-hydrogen) atoms. The summed E-state index contributed by atoms with van der Waals surface area (Å²) in [7, 11) is 1.58. The number of ether oxygens (including phenoxy) is 1. The largest absolute Gasteiger partial charge is 0.490 e. The number of carbonyl (C=O) groups excluding carboxylic acids is 1. The van der Waals surface area contributed by atoms with Crippen molar-refractivity contribution < 1.29 is 19.4 Å². The topological polar surface area (TPSA) is 78.9 Å². The Balaban J connectivity index is 2.02. The summed E-state index contributed by atoms with van der Waals surface area (Å²) in [6.07, 6.45) is -0.0695. The number of nitrogens with one attached hydrogen (secondary N) is 1. The zero-order valence-corrected chi connectivity index (χ0v) is 12.5. The van der Waals surface area contributed by atoms with E-state index in [2.05, 4.69) is 5.32 Å². The van der Waals surface area contributed by atoms with Crippen LogP contribution in [0.3, 0.4) is 0 Å². The number of benzene rings is 1. The van der Waals surface area contributed by atoms with Gasteiger partial charge in [0.15, 0.2) is 0 Å². The number of amides is 2. The van der Waals surface area contributed by atoms with Crippen molar-refractivity contribution in [3.8, 4) is 5.75 Å². The zero-order valence-electron chi connectivity index (χ0n) is 12.5. The molecule has 1 unspecified atom stereocenters. The number of fused-ring (bicyclic) bond motifs is 1. The van der Waals surface area contributed by atoms with E-state index in [0.717, 1.165) is 22.4 Å². The third-order valence-corrected chi connectivity index (χ3v) is 3.78. The van der Waals surface area contributed by atoms with Gasteiger partial charge in [-0.3, -0.25) is 4.79 Å². The van der Waals surface area contributed by atoms with Gasteiger partial charge in [0.1, 0.15) is 12.4 Å². The number of nitrogens with zero attached hydrogens (tertiary/aromatic N) is 1. The first kappa shape index (κ1) is 15.2. The summed E-state index contributed by atoms with van der Waals surface area (Å²) in [5, 5.41) is 11.5. The third-order valence-electron chi connectivity index (χ3n) is 3.78. The fraction of sp³-hybridized carbons (Fsp3) is 0.467. The lowest BCUT2D eigenvalue weighted by atomic mass is 10.0. The summed E-state index contributed by atoms with van der Waals surface area (Å²) in [5.74, 6) is -0.0798. The lowest BCUT2D eigenvalue weighted by Crippen LogP contribution is -2.40. The lowest BCUT2D eigenvalue weighted by molar-refractivity contribution is -0.137. The Labute approximate surface area is 123 Å². The molecule has 6 nitrogen and oxygen atoms in total. The smallest absolute Gasteiger partial charge is 0.317 e. The maximum Gasteiger partial charge on any atom is 0.317 e. The molecule has 2 amide bonds. The summed E-state index contributed by atoms with van der Waals surface area (Å²) in [5.41, 5.74) is 3.21. The average Bonchev–Trinajstić information content (AvgIpc) is 2.83. The number of aliphatic carboxylic acids is 1. The first-order valence-electron chi connectivity index (χ1n) is 6.86. The van der Waals surface area contributed by atoms with Crippen molar-refractivity contribution in [2.75, 3.05) is 20.2 Å². The second-order valence-electron chi connectivity index (χ2n) is 5.30. The SMILES string of the molecule is Cc1ccc2c(c1C)OCC2NC(=O)N(C)CCC(=O)O. The number of hydrogen-bond acceptors (Lipinski definition) is 3. The van der Waals surface area contributed by atoms with Crippen molar-refractivity contribution >= 4 is 12.0 Å². The second-order valence-corrected chi connectivity index (χ2v) is 5.30. The Kier molecular flexibility index (Phi) is 4.35. The van der Waals surface area contributed by atoms with Crippen LogP contribution in [0.15, 0.2) is 12.1 Å². The van der Waals surface area contributed by atoms with Crippen LogP contribution < -0.4 is 10.1 Å². The number of carboxylic acid groups (broad SMARTS) is 1.